The van der Waals surface area contributed by atoms with Crippen LogP contribution in [0.2, 0.25) is 0 Å². The molecule has 2 N–H and O–H groups in total. The molecule has 9 heteroatoms. The summed E-state index contributed by atoms with van der Waals surface area (Å²) >= 11 is 0. The number of hydrogen-bond acceptors (Lipinski definition) is 6. The quantitative estimate of drug-likeness (QED) is 0.509. The summed E-state index contributed by atoms with van der Waals surface area (Å²) in [7, 11) is -3.47. The first-order valence-corrected chi connectivity index (χ1v) is 11.7. The minimum absolute atomic E-state index is 0.0570. The Balaban J connectivity index is 2.13. The number of hydrogen-bond donors (Lipinski definition) is 2. The van der Waals surface area contributed by atoms with Crippen LogP contribution in [0.5, 0.6) is 0 Å². The van der Waals surface area contributed by atoms with E-state index >= 15 is 0 Å². The zero-order valence-electron chi connectivity index (χ0n) is 17.9. The first-order valence-electron chi connectivity index (χ1n) is 9.93. The van der Waals surface area contributed by atoms with E-state index in [9.17, 15) is 18.0 Å². The Kier molecular flexibility index (Phi) is 7.50. The molecule has 0 saturated heterocycles. The topological polar surface area (TPSA) is 115 Å². The Bertz CT molecular complexity index is 833. The van der Waals surface area contributed by atoms with Gasteiger partial charge in [-0.1, -0.05) is 27.7 Å². The average molecular weight is 429 g/mol. The number of H-pyrrole nitrogens is 1. The Morgan fingerprint density at radius 3 is 2.31 bits per heavy atom. The predicted octanol–water partition coefficient (Wildman–Crippen LogP) is 3.28. The van der Waals surface area contributed by atoms with E-state index in [4.69, 9.17) is 8.92 Å². The lowest BCUT2D eigenvalue weighted by Crippen LogP contribution is -2.39. The van der Waals surface area contributed by atoms with Crippen molar-refractivity contribution in [3.63, 3.8) is 0 Å². The highest BCUT2D eigenvalue weighted by Gasteiger charge is 2.37. The van der Waals surface area contributed by atoms with Crippen LogP contribution in [0.1, 0.15) is 69.3 Å². The Hall–Kier alpha value is -1.87. The number of amides is 1. The van der Waals surface area contributed by atoms with Crippen molar-refractivity contribution >= 4 is 27.8 Å². The number of aromatic amines is 1. The second-order valence-electron chi connectivity index (χ2n) is 8.48. The molecule has 1 saturated carbocycles. The number of carbonyl (C=O) groups is 2. The molecule has 1 aromatic rings. The third-order valence-corrected chi connectivity index (χ3v) is 5.89. The highest BCUT2D eigenvalue weighted by Crippen LogP contribution is 2.37. The van der Waals surface area contributed by atoms with Gasteiger partial charge in [-0.15, -0.1) is 0 Å². The number of aromatic nitrogens is 1. The molecule has 8 nitrogen and oxygen atoms in total. The zero-order chi connectivity index (χ0) is 21.9. The van der Waals surface area contributed by atoms with E-state index in [1.807, 2.05) is 27.7 Å². The number of esters is 1. The van der Waals surface area contributed by atoms with E-state index in [0.29, 0.717) is 24.2 Å². The van der Waals surface area contributed by atoms with Gasteiger partial charge < -0.3 is 15.0 Å². The van der Waals surface area contributed by atoms with E-state index in [0.717, 1.165) is 11.8 Å². The lowest BCUT2D eigenvalue weighted by Gasteiger charge is -2.38. The molecule has 2 unspecified atom stereocenters. The molecule has 1 aliphatic rings. The monoisotopic (exact) mass is 428 g/mol. The van der Waals surface area contributed by atoms with Crippen LogP contribution in [0.15, 0.2) is 6.20 Å². The Morgan fingerprint density at radius 2 is 1.83 bits per heavy atom. The largest absolute Gasteiger partial charge is 0.458 e. The van der Waals surface area contributed by atoms with Crippen molar-refractivity contribution in [2.24, 2.45) is 17.8 Å². The summed E-state index contributed by atoms with van der Waals surface area (Å²) in [6.07, 6.45) is 3.89. The standard InChI is InChI=1S/C20H32N2O6S/c1-11(2)16-9-21-19(22-14(5)23)17(16)20(24)28-18-12(3)7-15(8-13(18)4)10-27-29(6,25)26/h9,11-13,15,18,21H,7-8,10H2,1-6H3,(H,22,23). The summed E-state index contributed by atoms with van der Waals surface area (Å²) in [6.45, 7) is 9.46. The van der Waals surface area contributed by atoms with Crippen molar-refractivity contribution in [3.8, 4) is 0 Å². The second kappa shape index (κ2) is 9.30. The zero-order valence-corrected chi connectivity index (χ0v) is 18.8. The maximum absolute atomic E-state index is 13.0. The number of rotatable bonds is 7. The number of nitrogens with one attached hydrogen (secondary N) is 2. The van der Waals surface area contributed by atoms with E-state index in [1.165, 1.54) is 6.92 Å². The fourth-order valence-corrected chi connectivity index (χ4v) is 4.58. The molecule has 0 bridgehead atoms. The van der Waals surface area contributed by atoms with E-state index < -0.39 is 16.1 Å². The molecular formula is C20H32N2O6S. The molecule has 0 aromatic carbocycles. The highest BCUT2D eigenvalue weighted by atomic mass is 32.2. The van der Waals surface area contributed by atoms with Crippen molar-refractivity contribution in [1.82, 2.24) is 4.98 Å². The third-order valence-electron chi connectivity index (χ3n) is 5.33. The lowest BCUT2D eigenvalue weighted by atomic mass is 9.75. The molecule has 2 atom stereocenters. The van der Waals surface area contributed by atoms with Gasteiger partial charge >= 0.3 is 5.97 Å². The van der Waals surface area contributed by atoms with E-state index in [1.54, 1.807) is 6.20 Å². The van der Waals surface area contributed by atoms with Gasteiger partial charge in [-0.2, -0.15) is 8.42 Å². The number of carbonyl (C=O) groups excluding carboxylic acids is 2. The summed E-state index contributed by atoms with van der Waals surface area (Å²) in [5, 5.41) is 2.66. The Labute approximate surface area is 172 Å². The molecular weight excluding hydrogens is 396 g/mol. The van der Waals surface area contributed by atoms with E-state index in [2.05, 4.69) is 10.3 Å². The summed E-state index contributed by atoms with van der Waals surface area (Å²) in [5.41, 5.74) is 1.14. The molecule has 2 rings (SSSR count). The predicted molar refractivity (Wildman–Crippen MR) is 110 cm³/mol. The van der Waals surface area contributed by atoms with Gasteiger partial charge in [0.25, 0.3) is 10.1 Å². The van der Waals surface area contributed by atoms with Gasteiger partial charge in [0.2, 0.25) is 5.91 Å². The Morgan fingerprint density at radius 1 is 1.24 bits per heavy atom. The van der Waals surface area contributed by atoms with Gasteiger partial charge in [-0.05, 0) is 42.1 Å². The van der Waals surface area contributed by atoms with E-state index in [-0.39, 0.29) is 42.3 Å². The lowest BCUT2D eigenvalue weighted by molar-refractivity contribution is -0.114. The molecule has 1 aromatic heterocycles. The van der Waals surface area contributed by atoms with Crippen LogP contribution in [0, 0.1) is 17.8 Å². The third kappa shape index (κ3) is 6.30. The average Bonchev–Trinajstić information content (AvgIpc) is 2.98. The molecule has 1 heterocycles. The maximum atomic E-state index is 13.0. The molecule has 1 fully saturated rings. The van der Waals surface area contributed by atoms with Crippen molar-refractivity contribution in [2.45, 2.75) is 59.5 Å². The smallest absolute Gasteiger partial charge is 0.342 e. The van der Waals surface area contributed by atoms with Gasteiger partial charge in [0.05, 0.1) is 12.9 Å². The summed E-state index contributed by atoms with van der Waals surface area (Å²) < 4.78 is 33.4. The molecule has 0 aliphatic heterocycles. The van der Waals surface area contributed by atoms with Crippen molar-refractivity contribution in [2.75, 3.05) is 18.2 Å². The van der Waals surface area contributed by atoms with Crippen LogP contribution in [0.3, 0.4) is 0 Å². The molecule has 1 amide bonds. The molecule has 164 valence electrons. The maximum Gasteiger partial charge on any atom is 0.342 e. The SMILES string of the molecule is CC(=O)Nc1[nH]cc(C(C)C)c1C(=O)OC1C(C)CC(COS(C)(=O)=O)CC1C. The van der Waals surface area contributed by atoms with Crippen LogP contribution >= 0.6 is 0 Å². The van der Waals surface area contributed by atoms with Crippen LogP contribution in [-0.4, -0.2) is 44.2 Å². The second-order valence-corrected chi connectivity index (χ2v) is 10.1. The number of anilines is 1. The molecule has 0 spiro atoms. The van der Waals surface area contributed by atoms with Gasteiger partial charge in [-0.3, -0.25) is 8.98 Å². The van der Waals surface area contributed by atoms with Crippen LogP contribution in [-0.2, 0) is 23.8 Å². The highest BCUT2D eigenvalue weighted by molar-refractivity contribution is 7.85. The molecule has 1 aliphatic carbocycles. The van der Waals surface area contributed by atoms with Crippen LogP contribution in [0.25, 0.3) is 0 Å². The minimum Gasteiger partial charge on any atom is -0.458 e. The number of ether oxygens (including phenoxy) is 1. The molecule has 0 radical (unpaired) electrons. The van der Waals surface area contributed by atoms with Gasteiger partial charge in [0.15, 0.2) is 0 Å². The fraction of sp³-hybridized carbons (Fsp3) is 0.700. The van der Waals surface area contributed by atoms with Crippen molar-refractivity contribution < 1.29 is 26.9 Å². The summed E-state index contributed by atoms with van der Waals surface area (Å²) in [5.74, 6) is -0.101. The first-order chi connectivity index (χ1) is 13.4. The summed E-state index contributed by atoms with van der Waals surface area (Å²) in [6, 6.07) is 0. The van der Waals surface area contributed by atoms with Gasteiger partial charge in [0.1, 0.15) is 17.5 Å². The van der Waals surface area contributed by atoms with Crippen molar-refractivity contribution in [3.05, 3.63) is 17.3 Å². The summed E-state index contributed by atoms with van der Waals surface area (Å²) in [4.78, 5) is 27.5. The van der Waals surface area contributed by atoms with Crippen molar-refractivity contribution in [1.29, 1.82) is 0 Å². The minimum atomic E-state index is -3.47. The van der Waals surface area contributed by atoms with Crippen LogP contribution < -0.4 is 5.32 Å². The van der Waals surface area contributed by atoms with Crippen LogP contribution in [0.4, 0.5) is 5.82 Å². The van der Waals surface area contributed by atoms with Gasteiger partial charge in [-0.25, -0.2) is 4.79 Å². The molecule has 29 heavy (non-hydrogen) atoms. The fourth-order valence-electron chi connectivity index (χ4n) is 4.14. The first kappa shape index (κ1) is 23.4. The van der Waals surface area contributed by atoms with Gasteiger partial charge in [0, 0.05) is 13.1 Å². The normalized spacial score (nSPS) is 25.1.